The number of esters is 1. The average molecular weight is 527 g/mol. The van der Waals surface area contributed by atoms with E-state index < -0.39 is 28.6 Å². The van der Waals surface area contributed by atoms with Gasteiger partial charge in [0.05, 0.1) is 4.90 Å². The Bertz CT molecular complexity index is 1760. The van der Waals surface area contributed by atoms with Crippen LogP contribution in [0.2, 0.25) is 0 Å². The standard InChI is InChI=1S/C30H26N2O5S/c1-20-7-6-10-25(15-20)38(35,36)32-28(17-24-18-31-27-12-5-4-11-26(24)27)30(34)37-19-29(33)23-14-13-21-8-2-3-9-22(21)16-23/h2-16,18,28,31-32H,17,19H2,1H3/t28-/m0/s1. The van der Waals surface area contributed by atoms with Gasteiger partial charge in [0.15, 0.2) is 12.4 Å². The summed E-state index contributed by atoms with van der Waals surface area (Å²) in [5, 5.41) is 2.76. The summed E-state index contributed by atoms with van der Waals surface area (Å²) < 4.78 is 34.2. The first kappa shape index (κ1) is 25.4. The summed E-state index contributed by atoms with van der Waals surface area (Å²) >= 11 is 0. The van der Waals surface area contributed by atoms with Gasteiger partial charge in [0, 0.05) is 29.1 Å². The molecule has 0 amide bonds. The van der Waals surface area contributed by atoms with Crippen LogP contribution in [0.1, 0.15) is 21.5 Å². The van der Waals surface area contributed by atoms with Gasteiger partial charge in [-0.2, -0.15) is 4.72 Å². The Morgan fingerprint density at radius 3 is 2.47 bits per heavy atom. The van der Waals surface area contributed by atoms with Crippen LogP contribution >= 0.6 is 0 Å². The van der Waals surface area contributed by atoms with E-state index in [4.69, 9.17) is 4.74 Å². The molecule has 0 bridgehead atoms. The van der Waals surface area contributed by atoms with Crippen molar-refractivity contribution in [2.75, 3.05) is 6.61 Å². The number of nitrogens with one attached hydrogen (secondary N) is 2. The van der Waals surface area contributed by atoms with Crippen LogP contribution in [0.4, 0.5) is 0 Å². The van der Waals surface area contributed by atoms with Gasteiger partial charge in [-0.25, -0.2) is 8.42 Å². The zero-order valence-electron chi connectivity index (χ0n) is 20.7. The van der Waals surface area contributed by atoms with Crippen LogP contribution < -0.4 is 4.72 Å². The van der Waals surface area contributed by atoms with Crippen molar-refractivity contribution in [2.45, 2.75) is 24.3 Å². The average Bonchev–Trinajstić information content (AvgIpc) is 3.33. The Labute approximate surface area is 220 Å². The molecule has 5 aromatic rings. The van der Waals surface area contributed by atoms with Crippen molar-refractivity contribution >= 4 is 43.5 Å². The quantitative estimate of drug-likeness (QED) is 0.209. The van der Waals surface area contributed by atoms with Crippen molar-refractivity contribution in [3.63, 3.8) is 0 Å². The zero-order valence-corrected chi connectivity index (χ0v) is 21.5. The summed E-state index contributed by atoms with van der Waals surface area (Å²) in [6, 6.07) is 25.6. The molecule has 1 atom stereocenters. The van der Waals surface area contributed by atoms with Gasteiger partial charge in [-0.3, -0.25) is 9.59 Å². The maximum atomic E-state index is 13.2. The van der Waals surface area contributed by atoms with E-state index in [0.29, 0.717) is 5.56 Å². The number of aromatic amines is 1. The van der Waals surface area contributed by atoms with Crippen molar-refractivity contribution < 1.29 is 22.7 Å². The van der Waals surface area contributed by atoms with E-state index in [1.165, 1.54) is 12.1 Å². The van der Waals surface area contributed by atoms with E-state index in [2.05, 4.69) is 9.71 Å². The van der Waals surface area contributed by atoms with Crippen LogP contribution in [0.3, 0.4) is 0 Å². The number of carbonyl (C=O) groups is 2. The molecule has 0 aliphatic heterocycles. The molecule has 8 heteroatoms. The molecule has 0 radical (unpaired) electrons. The van der Waals surface area contributed by atoms with Crippen molar-refractivity contribution in [1.82, 2.24) is 9.71 Å². The van der Waals surface area contributed by atoms with Gasteiger partial charge in [-0.05, 0) is 53.1 Å². The van der Waals surface area contributed by atoms with Gasteiger partial charge < -0.3 is 9.72 Å². The third-order valence-corrected chi connectivity index (χ3v) is 7.87. The number of rotatable bonds is 9. The van der Waals surface area contributed by atoms with Crippen LogP contribution in [0.5, 0.6) is 0 Å². The Morgan fingerprint density at radius 2 is 1.66 bits per heavy atom. The number of aryl methyl sites for hydroxylation is 1. The van der Waals surface area contributed by atoms with E-state index in [1.54, 1.807) is 37.4 Å². The number of benzene rings is 4. The molecule has 192 valence electrons. The van der Waals surface area contributed by atoms with Crippen molar-refractivity contribution in [1.29, 1.82) is 0 Å². The third kappa shape index (κ3) is 5.51. The van der Waals surface area contributed by atoms with E-state index in [-0.39, 0.29) is 17.1 Å². The fraction of sp³-hybridized carbons (Fsp3) is 0.133. The summed E-state index contributed by atoms with van der Waals surface area (Å²) in [5.74, 6) is -1.21. The summed E-state index contributed by atoms with van der Waals surface area (Å²) in [6.45, 7) is 1.28. The number of hydrogen-bond donors (Lipinski definition) is 2. The highest BCUT2D eigenvalue weighted by molar-refractivity contribution is 7.89. The predicted molar refractivity (Wildman–Crippen MR) is 147 cm³/mol. The van der Waals surface area contributed by atoms with Crippen molar-refractivity contribution in [3.05, 3.63) is 114 Å². The Morgan fingerprint density at radius 1 is 0.895 bits per heavy atom. The number of hydrogen-bond acceptors (Lipinski definition) is 5. The lowest BCUT2D eigenvalue weighted by atomic mass is 10.0. The van der Waals surface area contributed by atoms with Crippen LogP contribution in [0.25, 0.3) is 21.7 Å². The number of aromatic nitrogens is 1. The van der Waals surface area contributed by atoms with Crippen molar-refractivity contribution in [3.8, 4) is 0 Å². The van der Waals surface area contributed by atoms with E-state index in [0.717, 1.165) is 32.8 Å². The number of sulfonamides is 1. The fourth-order valence-electron chi connectivity index (χ4n) is 4.41. The monoisotopic (exact) mass is 526 g/mol. The van der Waals surface area contributed by atoms with Gasteiger partial charge in [-0.15, -0.1) is 0 Å². The second-order valence-corrected chi connectivity index (χ2v) is 10.9. The third-order valence-electron chi connectivity index (χ3n) is 6.40. The molecule has 1 aromatic heterocycles. The topological polar surface area (TPSA) is 105 Å². The molecular weight excluding hydrogens is 500 g/mol. The number of ketones is 1. The van der Waals surface area contributed by atoms with Gasteiger partial charge in [0.2, 0.25) is 10.0 Å². The predicted octanol–water partition coefficient (Wildman–Crippen LogP) is 4.95. The molecule has 7 nitrogen and oxygen atoms in total. The number of Topliss-reactive ketones (excluding diaryl/α,β-unsaturated/α-hetero) is 1. The molecule has 1 heterocycles. The lowest BCUT2D eigenvalue weighted by Crippen LogP contribution is -2.43. The van der Waals surface area contributed by atoms with Crippen molar-refractivity contribution in [2.24, 2.45) is 0 Å². The minimum Gasteiger partial charge on any atom is -0.456 e. The Kier molecular flexibility index (Phi) is 7.09. The molecule has 0 aliphatic rings. The van der Waals surface area contributed by atoms with Crippen LogP contribution in [-0.2, 0) is 26.0 Å². The Balaban J connectivity index is 1.37. The number of carbonyl (C=O) groups excluding carboxylic acids is 2. The summed E-state index contributed by atoms with van der Waals surface area (Å²) in [5.41, 5.74) is 2.78. The smallest absolute Gasteiger partial charge is 0.324 e. The largest absolute Gasteiger partial charge is 0.456 e. The van der Waals surface area contributed by atoms with E-state index in [1.807, 2.05) is 54.6 Å². The molecule has 2 N–H and O–H groups in total. The SMILES string of the molecule is Cc1cccc(S(=O)(=O)N[C@@H](Cc2c[nH]c3ccccc23)C(=O)OCC(=O)c2ccc3ccccc3c2)c1. The first-order chi connectivity index (χ1) is 18.3. The fourth-order valence-corrected chi connectivity index (χ4v) is 5.70. The number of ether oxygens (including phenoxy) is 1. The minimum absolute atomic E-state index is 0.0397. The maximum absolute atomic E-state index is 13.2. The molecule has 0 spiro atoms. The number of para-hydroxylation sites is 1. The molecule has 38 heavy (non-hydrogen) atoms. The van der Waals surface area contributed by atoms with Gasteiger partial charge >= 0.3 is 5.97 Å². The first-order valence-corrected chi connectivity index (χ1v) is 13.6. The summed E-state index contributed by atoms with van der Waals surface area (Å²) in [6.07, 6.45) is 1.78. The normalized spacial score (nSPS) is 12.4. The highest BCUT2D eigenvalue weighted by Crippen LogP contribution is 2.21. The molecular formula is C30H26N2O5S. The van der Waals surface area contributed by atoms with Crippen LogP contribution in [0.15, 0.2) is 102 Å². The highest BCUT2D eigenvalue weighted by Gasteiger charge is 2.29. The molecule has 0 saturated heterocycles. The zero-order chi connectivity index (χ0) is 26.7. The lowest BCUT2D eigenvalue weighted by molar-refractivity contribution is -0.144. The molecule has 0 saturated carbocycles. The number of H-pyrrole nitrogens is 1. The summed E-state index contributed by atoms with van der Waals surface area (Å²) in [4.78, 5) is 29.2. The second-order valence-electron chi connectivity index (χ2n) is 9.15. The van der Waals surface area contributed by atoms with Gasteiger partial charge in [0.1, 0.15) is 6.04 Å². The van der Waals surface area contributed by atoms with Crippen LogP contribution in [-0.4, -0.2) is 37.8 Å². The molecule has 5 rings (SSSR count). The summed E-state index contributed by atoms with van der Waals surface area (Å²) in [7, 11) is -4.04. The van der Waals surface area contributed by atoms with E-state index in [9.17, 15) is 18.0 Å². The first-order valence-electron chi connectivity index (χ1n) is 12.1. The molecule has 0 unspecified atom stereocenters. The molecule has 0 aliphatic carbocycles. The molecule has 0 fully saturated rings. The van der Waals surface area contributed by atoms with Gasteiger partial charge in [0.25, 0.3) is 0 Å². The highest BCUT2D eigenvalue weighted by atomic mass is 32.2. The maximum Gasteiger partial charge on any atom is 0.324 e. The Hall–Kier alpha value is -4.27. The minimum atomic E-state index is -4.04. The molecule has 4 aromatic carbocycles. The number of fused-ring (bicyclic) bond motifs is 2. The second kappa shape index (κ2) is 10.6. The van der Waals surface area contributed by atoms with E-state index >= 15 is 0 Å². The van der Waals surface area contributed by atoms with Gasteiger partial charge in [-0.1, -0.05) is 66.7 Å². The van der Waals surface area contributed by atoms with Crippen LogP contribution in [0, 0.1) is 6.92 Å². The lowest BCUT2D eigenvalue weighted by Gasteiger charge is -2.18.